The van der Waals surface area contributed by atoms with Crippen molar-refractivity contribution >= 4 is 0 Å². The van der Waals surface area contributed by atoms with Crippen LogP contribution in [0, 0.1) is 0 Å². The first-order valence-corrected chi connectivity index (χ1v) is 6.06. The van der Waals surface area contributed by atoms with Crippen LogP contribution in [0.2, 0.25) is 0 Å². The lowest BCUT2D eigenvalue weighted by Crippen LogP contribution is -2.18. The number of benzene rings is 1. The van der Waals surface area contributed by atoms with Gasteiger partial charge in [-0.25, -0.2) is 0 Å². The average Bonchev–Trinajstić information content (AvgIpc) is 2.46. The Labute approximate surface area is 108 Å². The quantitative estimate of drug-likeness (QED) is 0.875. The van der Waals surface area contributed by atoms with Crippen molar-refractivity contribution in [3.05, 3.63) is 59.9 Å². The third-order valence-electron chi connectivity index (χ3n) is 2.96. The van der Waals surface area contributed by atoms with Crippen molar-refractivity contribution in [3.63, 3.8) is 0 Å². The van der Waals surface area contributed by atoms with Gasteiger partial charge in [-0.2, -0.15) is 0 Å². The topological polar surface area (TPSA) is 34.1 Å². The average molecular weight is 242 g/mol. The van der Waals surface area contributed by atoms with Crippen molar-refractivity contribution in [1.82, 2.24) is 10.3 Å². The maximum Gasteiger partial charge on any atom is 0.118 e. The lowest BCUT2D eigenvalue weighted by molar-refractivity contribution is 0.414. The van der Waals surface area contributed by atoms with Crippen LogP contribution in [0.1, 0.15) is 24.1 Å². The van der Waals surface area contributed by atoms with Gasteiger partial charge >= 0.3 is 0 Å². The zero-order valence-electron chi connectivity index (χ0n) is 10.8. The van der Waals surface area contributed by atoms with E-state index in [-0.39, 0.29) is 0 Å². The van der Waals surface area contributed by atoms with Gasteiger partial charge in [-0.3, -0.25) is 4.98 Å². The van der Waals surface area contributed by atoms with Crippen molar-refractivity contribution in [2.24, 2.45) is 0 Å². The Morgan fingerprint density at radius 3 is 2.61 bits per heavy atom. The van der Waals surface area contributed by atoms with Crippen LogP contribution < -0.4 is 10.1 Å². The molecule has 0 spiro atoms. The molecule has 0 radical (unpaired) electrons. The number of ether oxygens (including phenoxy) is 1. The first-order chi connectivity index (χ1) is 8.79. The molecule has 0 aliphatic rings. The maximum atomic E-state index is 5.14. The molecule has 3 nitrogen and oxygen atoms in total. The monoisotopic (exact) mass is 242 g/mol. The Kier molecular flexibility index (Phi) is 4.31. The zero-order chi connectivity index (χ0) is 12.8. The fourth-order valence-electron chi connectivity index (χ4n) is 1.76. The van der Waals surface area contributed by atoms with Crippen LogP contribution in [0.25, 0.3) is 0 Å². The number of hydrogen-bond donors (Lipinski definition) is 1. The van der Waals surface area contributed by atoms with E-state index in [1.807, 2.05) is 24.4 Å². The molecule has 1 heterocycles. The molecule has 0 aliphatic heterocycles. The fourth-order valence-corrected chi connectivity index (χ4v) is 1.76. The highest BCUT2D eigenvalue weighted by molar-refractivity contribution is 5.27. The van der Waals surface area contributed by atoms with Crippen molar-refractivity contribution < 1.29 is 4.74 Å². The van der Waals surface area contributed by atoms with Gasteiger partial charge in [0, 0.05) is 25.0 Å². The predicted octanol–water partition coefficient (Wildman–Crippen LogP) is 2.94. The molecular weight excluding hydrogens is 224 g/mol. The number of pyridine rings is 1. The summed E-state index contributed by atoms with van der Waals surface area (Å²) in [6.45, 7) is 2.97. The summed E-state index contributed by atoms with van der Waals surface area (Å²) < 4.78 is 5.14. The van der Waals surface area contributed by atoms with Crippen molar-refractivity contribution in [2.45, 2.75) is 19.5 Å². The molecule has 0 amide bonds. The van der Waals surface area contributed by atoms with Gasteiger partial charge in [-0.1, -0.05) is 18.2 Å². The molecule has 0 saturated carbocycles. The summed E-state index contributed by atoms with van der Waals surface area (Å²) in [6.07, 6.45) is 3.69. The van der Waals surface area contributed by atoms with Crippen LogP contribution in [0.4, 0.5) is 0 Å². The number of nitrogens with zero attached hydrogens (tertiary/aromatic N) is 1. The van der Waals surface area contributed by atoms with Crippen LogP contribution in [-0.4, -0.2) is 12.1 Å². The standard InChI is InChI=1S/C15H18N2O/c1-12(14-4-3-9-16-11-14)17-10-13-5-7-15(18-2)8-6-13/h3-9,11-12,17H,10H2,1-2H3/t12-/m0/s1. The molecule has 1 aromatic heterocycles. The van der Waals surface area contributed by atoms with Gasteiger partial charge in [0.05, 0.1) is 7.11 Å². The Morgan fingerprint density at radius 1 is 1.22 bits per heavy atom. The smallest absolute Gasteiger partial charge is 0.118 e. The molecule has 0 fully saturated rings. The van der Waals surface area contributed by atoms with E-state index in [0.29, 0.717) is 6.04 Å². The van der Waals surface area contributed by atoms with Gasteiger partial charge in [-0.15, -0.1) is 0 Å². The Morgan fingerprint density at radius 2 is 2.00 bits per heavy atom. The first kappa shape index (κ1) is 12.6. The molecule has 1 atom stereocenters. The third-order valence-corrected chi connectivity index (χ3v) is 2.96. The summed E-state index contributed by atoms with van der Waals surface area (Å²) in [5.41, 5.74) is 2.44. The number of nitrogens with one attached hydrogen (secondary N) is 1. The molecule has 94 valence electrons. The molecule has 18 heavy (non-hydrogen) atoms. The van der Waals surface area contributed by atoms with E-state index < -0.39 is 0 Å². The summed E-state index contributed by atoms with van der Waals surface area (Å²) in [4.78, 5) is 4.13. The maximum absolute atomic E-state index is 5.14. The van der Waals surface area contributed by atoms with E-state index >= 15 is 0 Å². The lowest BCUT2D eigenvalue weighted by Gasteiger charge is -2.13. The van der Waals surface area contributed by atoms with Gasteiger partial charge in [0.1, 0.15) is 5.75 Å². The minimum atomic E-state index is 0.292. The SMILES string of the molecule is COc1ccc(CN[C@@H](C)c2cccnc2)cc1. The minimum absolute atomic E-state index is 0.292. The molecule has 2 rings (SSSR count). The summed E-state index contributed by atoms with van der Waals surface area (Å²) in [6, 6.07) is 12.4. The van der Waals surface area contributed by atoms with Crippen LogP contribution >= 0.6 is 0 Å². The highest BCUT2D eigenvalue weighted by atomic mass is 16.5. The van der Waals surface area contributed by atoms with Crippen molar-refractivity contribution in [2.75, 3.05) is 7.11 Å². The number of hydrogen-bond acceptors (Lipinski definition) is 3. The van der Waals surface area contributed by atoms with Gasteiger partial charge < -0.3 is 10.1 Å². The molecule has 2 aromatic rings. The minimum Gasteiger partial charge on any atom is -0.497 e. The summed E-state index contributed by atoms with van der Waals surface area (Å²) in [5.74, 6) is 0.888. The molecule has 0 aliphatic carbocycles. The largest absolute Gasteiger partial charge is 0.497 e. The van der Waals surface area contributed by atoms with E-state index in [2.05, 4.69) is 35.4 Å². The Balaban J connectivity index is 1.91. The molecular formula is C15H18N2O. The second-order valence-corrected chi connectivity index (χ2v) is 4.24. The number of methoxy groups -OCH3 is 1. The Hall–Kier alpha value is -1.87. The van der Waals surface area contributed by atoms with Crippen LogP contribution in [0.15, 0.2) is 48.8 Å². The molecule has 0 unspecified atom stereocenters. The Bertz CT molecular complexity index is 468. The third kappa shape index (κ3) is 3.31. The molecule has 1 N–H and O–H groups in total. The van der Waals surface area contributed by atoms with E-state index in [1.165, 1.54) is 11.1 Å². The molecule has 0 saturated heterocycles. The van der Waals surface area contributed by atoms with Crippen LogP contribution in [-0.2, 0) is 6.54 Å². The van der Waals surface area contributed by atoms with Gasteiger partial charge in [0.15, 0.2) is 0 Å². The van der Waals surface area contributed by atoms with E-state index in [1.54, 1.807) is 13.3 Å². The van der Waals surface area contributed by atoms with Crippen LogP contribution in [0.5, 0.6) is 5.75 Å². The first-order valence-electron chi connectivity index (χ1n) is 6.06. The number of aromatic nitrogens is 1. The molecule has 1 aromatic carbocycles. The molecule has 0 bridgehead atoms. The van der Waals surface area contributed by atoms with Crippen molar-refractivity contribution in [3.8, 4) is 5.75 Å². The highest BCUT2D eigenvalue weighted by Crippen LogP contribution is 2.14. The zero-order valence-corrected chi connectivity index (χ0v) is 10.8. The summed E-state index contributed by atoms with van der Waals surface area (Å²) >= 11 is 0. The van der Waals surface area contributed by atoms with E-state index in [4.69, 9.17) is 4.74 Å². The fraction of sp³-hybridized carbons (Fsp3) is 0.267. The van der Waals surface area contributed by atoms with E-state index in [0.717, 1.165) is 12.3 Å². The van der Waals surface area contributed by atoms with E-state index in [9.17, 15) is 0 Å². The second kappa shape index (κ2) is 6.17. The lowest BCUT2D eigenvalue weighted by atomic mass is 10.1. The second-order valence-electron chi connectivity index (χ2n) is 4.24. The summed E-state index contributed by atoms with van der Waals surface area (Å²) in [5, 5.41) is 3.47. The predicted molar refractivity (Wildman–Crippen MR) is 72.5 cm³/mol. The number of rotatable bonds is 5. The molecule has 3 heteroatoms. The highest BCUT2D eigenvalue weighted by Gasteiger charge is 2.04. The van der Waals surface area contributed by atoms with Gasteiger partial charge in [0.2, 0.25) is 0 Å². The van der Waals surface area contributed by atoms with Crippen LogP contribution in [0.3, 0.4) is 0 Å². The van der Waals surface area contributed by atoms with Gasteiger partial charge in [0.25, 0.3) is 0 Å². The van der Waals surface area contributed by atoms with Gasteiger partial charge in [-0.05, 0) is 36.2 Å². The van der Waals surface area contributed by atoms with Crippen molar-refractivity contribution in [1.29, 1.82) is 0 Å². The normalized spacial score (nSPS) is 12.1. The summed E-state index contributed by atoms with van der Waals surface area (Å²) in [7, 11) is 1.68.